The van der Waals surface area contributed by atoms with E-state index in [-0.39, 0.29) is 5.60 Å². The SMILES string of the molecule is O=CCCC1CCOC2(CCOC2)C1. The summed E-state index contributed by atoms with van der Waals surface area (Å²) in [5.74, 6) is 0.663. The van der Waals surface area contributed by atoms with Gasteiger partial charge in [0.05, 0.1) is 12.2 Å². The maximum absolute atomic E-state index is 10.3. The number of aldehydes is 1. The molecule has 2 heterocycles. The number of hydrogen-bond acceptors (Lipinski definition) is 3. The quantitative estimate of drug-likeness (QED) is 0.645. The topological polar surface area (TPSA) is 35.5 Å². The summed E-state index contributed by atoms with van der Waals surface area (Å²) in [7, 11) is 0. The molecule has 0 amide bonds. The highest BCUT2D eigenvalue weighted by Crippen LogP contribution is 2.37. The first kappa shape index (κ1) is 10.1. The molecule has 0 aromatic heterocycles. The van der Waals surface area contributed by atoms with Gasteiger partial charge in [0.1, 0.15) is 6.29 Å². The molecule has 0 aromatic carbocycles. The Balaban J connectivity index is 1.86. The average molecular weight is 198 g/mol. The van der Waals surface area contributed by atoms with E-state index in [0.29, 0.717) is 12.3 Å². The van der Waals surface area contributed by atoms with Crippen molar-refractivity contribution in [2.75, 3.05) is 19.8 Å². The van der Waals surface area contributed by atoms with Crippen LogP contribution < -0.4 is 0 Å². The molecule has 2 aliphatic rings. The first-order chi connectivity index (χ1) is 6.85. The fraction of sp³-hybridized carbons (Fsp3) is 0.909. The molecule has 14 heavy (non-hydrogen) atoms. The van der Waals surface area contributed by atoms with Crippen LogP contribution in [0.4, 0.5) is 0 Å². The van der Waals surface area contributed by atoms with Gasteiger partial charge in [-0.15, -0.1) is 0 Å². The van der Waals surface area contributed by atoms with Gasteiger partial charge in [-0.2, -0.15) is 0 Å². The first-order valence-corrected chi connectivity index (χ1v) is 5.50. The van der Waals surface area contributed by atoms with Crippen LogP contribution in [-0.2, 0) is 14.3 Å². The molecule has 0 radical (unpaired) electrons. The number of ether oxygens (including phenoxy) is 2. The summed E-state index contributed by atoms with van der Waals surface area (Å²) in [6, 6.07) is 0. The number of rotatable bonds is 3. The van der Waals surface area contributed by atoms with Crippen molar-refractivity contribution in [2.45, 2.75) is 37.7 Å². The van der Waals surface area contributed by atoms with Crippen LogP contribution in [0.15, 0.2) is 0 Å². The zero-order chi connectivity index (χ0) is 9.86. The van der Waals surface area contributed by atoms with E-state index in [2.05, 4.69) is 0 Å². The van der Waals surface area contributed by atoms with Gasteiger partial charge in [-0.25, -0.2) is 0 Å². The Bertz CT molecular complexity index is 197. The molecule has 3 nitrogen and oxygen atoms in total. The Morgan fingerprint density at radius 2 is 2.36 bits per heavy atom. The number of carbonyl (C=O) groups is 1. The minimum absolute atomic E-state index is 0.00575. The van der Waals surface area contributed by atoms with E-state index in [9.17, 15) is 4.79 Å². The largest absolute Gasteiger partial charge is 0.378 e. The Labute approximate surface area is 84.8 Å². The van der Waals surface area contributed by atoms with Crippen molar-refractivity contribution in [3.63, 3.8) is 0 Å². The summed E-state index contributed by atoms with van der Waals surface area (Å²) >= 11 is 0. The summed E-state index contributed by atoms with van der Waals surface area (Å²) in [4.78, 5) is 10.3. The van der Waals surface area contributed by atoms with Crippen LogP contribution in [0.2, 0.25) is 0 Å². The average Bonchev–Trinajstić information content (AvgIpc) is 2.63. The van der Waals surface area contributed by atoms with Gasteiger partial charge in [-0.1, -0.05) is 0 Å². The molecule has 80 valence electrons. The van der Waals surface area contributed by atoms with Crippen molar-refractivity contribution in [3.05, 3.63) is 0 Å². The van der Waals surface area contributed by atoms with Crippen LogP contribution in [0.1, 0.15) is 32.1 Å². The lowest BCUT2D eigenvalue weighted by Gasteiger charge is -2.37. The fourth-order valence-electron chi connectivity index (χ4n) is 2.54. The van der Waals surface area contributed by atoms with Crippen molar-refractivity contribution in [1.82, 2.24) is 0 Å². The predicted molar refractivity (Wildman–Crippen MR) is 52.1 cm³/mol. The number of carbonyl (C=O) groups excluding carboxylic acids is 1. The normalized spacial score (nSPS) is 37.6. The molecule has 2 rings (SSSR count). The highest BCUT2D eigenvalue weighted by molar-refractivity contribution is 5.49. The van der Waals surface area contributed by atoms with Crippen molar-refractivity contribution >= 4 is 6.29 Å². The molecule has 2 unspecified atom stereocenters. The van der Waals surface area contributed by atoms with Gasteiger partial charge >= 0.3 is 0 Å². The molecule has 0 saturated carbocycles. The minimum Gasteiger partial charge on any atom is -0.378 e. The van der Waals surface area contributed by atoms with Gasteiger partial charge in [0, 0.05) is 26.1 Å². The Hall–Kier alpha value is -0.410. The highest BCUT2D eigenvalue weighted by Gasteiger charge is 2.40. The molecule has 2 aliphatic heterocycles. The van der Waals surface area contributed by atoms with Gasteiger partial charge in [0.2, 0.25) is 0 Å². The maximum atomic E-state index is 10.3. The van der Waals surface area contributed by atoms with E-state index in [4.69, 9.17) is 9.47 Å². The lowest BCUT2D eigenvalue weighted by molar-refractivity contribution is -0.110. The third-order valence-electron chi connectivity index (χ3n) is 3.35. The van der Waals surface area contributed by atoms with Crippen molar-refractivity contribution in [3.8, 4) is 0 Å². The van der Waals surface area contributed by atoms with Gasteiger partial charge in [-0.3, -0.25) is 0 Å². The minimum atomic E-state index is 0.00575. The van der Waals surface area contributed by atoms with Gasteiger partial charge in [0.15, 0.2) is 0 Å². The van der Waals surface area contributed by atoms with Crippen molar-refractivity contribution in [1.29, 1.82) is 0 Å². The van der Waals surface area contributed by atoms with E-state index >= 15 is 0 Å². The summed E-state index contributed by atoms with van der Waals surface area (Å²) in [6.07, 6.45) is 5.96. The van der Waals surface area contributed by atoms with Gasteiger partial charge < -0.3 is 14.3 Å². The highest BCUT2D eigenvalue weighted by atomic mass is 16.6. The Kier molecular flexibility index (Phi) is 3.19. The maximum Gasteiger partial charge on any atom is 0.120 e. The molecule has 3 heteroatoms. The van der Waals surface area contributed by atoms with E-state index in [1.165, 1.54) is 0 Å². The van der Waals surface area contributed by atoms with Crippen molar-refractivity contribution in [2.24, 2.45) is 5.92 Å². The second-order valence-corrected chi connectivity index (χ2v) is 4.44. The van der Waals surface area contributed by atoms with Crippen LogP contribution in [0, 0.1) is 5.92 Å². The van der Waals surface area contributed by atoms with E-state index in [1.54, 1.807) is 0 Å². The molecule has 0 bridgehead atoms. The molecule has 0 N–H and O–H groups in total. The molecule has 0 aliphatic carbocycles. The van der Waals surface area contributed by atoms with Gasteiger partial charge in [0.25, 0.3) is 0 Å². The Morgan fingerprint density at radius 3 is 3.07 bits per heavy atom. The standard InChI is InChI=1S/C11H18O3/c12-5-1-2-10-3-6-14-11(8-10)4-7-13-9-11/h5,10H,1-4,6-9H2. The number of hydrogen-bond donors (Lipinski definition) is 0. The third-order valence-corrected chi connectivity index (χ3v) is 3.35. The second kappa shape index (κ2) is 4.41. The zero-order valence-electron chi connectivity index (χ0n) is 8.54. The molecule has 2 fully saturated rings. The summed E-state index contributed by atoms with van der Waals surface area (Å²) in [6.45, 7) is 2.43. The van der Waals surface area contributed by atoms with Crippen LogP contribution in [0.5, 0.6) is 0 Å². The molecule has 2 saturated heterocycles. The Morgan fingerprint density at radius 1 is 1.43 bits per heavy atom. The van der Waals surface area contributed by atoms with Gasteiger partial charge in [-0.05, 0) is 25.2 Å². The fourth-order valence-corrected chi connectivity index (χ4v) is 2.54. The monoisotopic (exact) mass is 198 g/mol. The lowest BCUT2D eigenvalue weighted by Crippen LogP contribution is -2.40. The van der Waals surface area contributed by atoms with Crippen LogP contribution >= 0.6 is 0 Å². The molecule has 0 aromatic rings. The lowest BCUT2D eigenvalue weighted by atomic mass is 9.83. The molecule has 1 spiro atoms. The summed E-state index contributed by atoms with van der Waals surface area (Å²) in [5.41, 5.74) is 0.00575. The molecular weight excluding hydrogens is 180 g/mol. The van der Waals surface area contributed by atoms with Crippen LogP contribution in [0.3, 0.4) is 0 Å². The van der Waals surface area contributed by atoms with Crippen molar-refractivity contribution < 1.29 is 14.3 Å². The van der Waals surface area contributed by atoms with Crippen LogP contribution in [0.25, 0.3) is 0 Å². The summed E-state index contributed by atoms with van der Waals surface area (Å²) in [5, 5.41) is 0. The predicted octanol–water partition coefficient (Wildman–Crippen LogP) is 1.55. The van der Waals surface area contributed by atoms with E-state index in [1.807, 2.05) is 0 Å². The zero-order valence-corrected chi connectivity index (χ0v) is 8.54. The first-order valence-electron chi connectivity index (χ1n) is 5.50. The smallest absolute Gasteiger partial charge is 0.120 e. The van der Waals surface area contributed by atoms with Crippen LogP contribution in [-0.4, -0.2) is 31.7 Å². The third kappa shape index (κ3) is 2.15. The molecular formula is C11H18O3. The second-order valence-electron chi connectivity index (χ2n) is 4.44. The van der Waals surface area contributed by atoms with E-state index < -0.39 is 0 Å². The summed E-state index contributed by atoms with van der Waals surface area (Å²) < 4.78 is 11.2. The molecule has 2 atom stereocenters. The van der Waals surface area contributed by atoms with E-state index in [0.717, 1.165) is 51.8 Å².